The summed E-state index contributed by atoms with van der Waals surface area (Å²) in [5.74, 6) is 0.352. The van der Waals surface area contributed by atoms with Gasteiger partial charge in [0, 0.05) is 13.1 Å². The van der Waals surface area contributed by atoms with Crippen molar-refractivity contribution in [3.05, 3.63) is 54.1 Å². The summed E-state index contributed by atoms with van der Waals surface area (Å²) in [6.45, 7) is 3.69. The van der Waals surface area contributed by atoms with Crippen LogP contribution in [0.1, 0.15) is 25.8 Å². The molecule has 2 aromatic rings. The van der Waals surface area contributed by atoms with E-state index < -0.39 is 28.5 Å². The van der Waals surface area contributed by atoms with E-state index in [4.69, 9.17) is 9.47 Å². The standard InChI is InChI=1S/C24H33N3O6S/c1-6-14-25-24(29)18(2)26(16-19-8-7-9-22(15-19)33-4)23(28)17-27(34(5,30)31)20-10-12-21(32-3)13-11-20/h7-13,15,18H,6,14,16-17H2,1-5H3,(H,25,29). The van der Waals surface area contributed by atoms with Gasteiger partial charge < -0.3 is 19.7 Å². The maximum Gasteiger partial charge on any atom is 0.244 e. The fourth-order valence-corrected chi connectivity index (χ4v) is 4.16. The second kappa shape index (κ2) is 12.3. The molecule has 186 valence electrons. The third-order valence-corrected chi connectivity index (χ3v) is 6.38. The van der Waals surface area contributed by atoms with Gasteiger partial charge in [-0.15, -0.1) is 0 Å². The Morgan fingerprint density at radius 2 is 1.68 bits per heavy atom. The summed E-state index contributed by atoms with van der Waals surface area (Å²) in [5, 5.41) is 2.80. The Bertz CT molecular complexity index is 1070. The Morgan fingerprint density at radius 3 is 2.24 bits per heavy atom. The number of rotatable bonds is 12. The fourth-order valence-electron chi connectivity index (χ4n) is 3.31. The lowest BCUT2D eigenvalue weighted by Crippen LogP contribution is -2.51. The smallest absolute Gasteiger partial charge is 0.244 e. The normalized spacial score (nSPS) is 11.9. The number of hydrogen-bond acceptors (Lipinski definition) is 6. The summed E-state index contributed by atoms with van der Waals surface area (Å²) in [7, 11) is -0.734. The Balaban J connectivity index is 2.37. The molecule has 0 aliphatic carbocycles. The molecule has 0 fully saturated rings. The van der Waals surface area contributed by atoms with Crippen LogP contribution in [-0.4, -0.2) is 64.7 Å². The molecular formula is C24H33N3O6S. The molecule has 0 aliphatic heterocycles. The highest BCUT2D eigenvalue weighted by molar-refractivity contribution is 7.92. The predicted molar refractivity (Wildman–Crippen MR) is 131 cm³/mol. The minimum atomic E-state index is -3.79. The lowest BCUT2D eigenvalue weighted by atomic mass is 10.1. The molecule has 0 aromatic heterocycles. The quantitative estimate of drug-likeness (QED) is 0.489. The van der Waals surface area contributed by atoms with Crippen molar-refractivity contribution in [3.8, 4) is 11.5 Å². The second-order valence-corrected chi connectivity index (χ2v) is 9.71. The highest BCUT2D eigenvalue weighted by Gasteiger charge is 2.30. The topological polar surface area (TPSA) is 105 Å². The first kappa shape index (κ1) is 27.0. The van der Waals surface area contributed by atoms with Gasteiger partial charge in [0.1, 0.15) is 24.1 Å². The molecule has 0 radical (unpaired) electrons. The second-order valence-electron chi connectivity index (χ2n) is 7.81. The highest BCUT2D eigenvalue weighted by Crippen LogP contribution is 2.22. The van der Waals surface area contributed by atoms with Crippen molar-refractivity contribution in [1.82, 2.24) is 10.2 Å². The Labute approximate surface area is 201 Å². The largest absolute Gasteiger partial charge is 0.497 e. The van der Waals surface area contributed by atoms with Crippen LogP contribution in [0.3, 0.4) is 0 Å². The van der Waals surface area contributed by atoms with Crippen LogP contribution in [0.25, 0.3) is 0 Å². The lowest BCUT2D eigenvalue weighted by Gasteiger charge is -2.31. The Kier molecular flexibility index (Phi) is 9.73. The SMILES string of the molecule is CCCNC(=O)C(C)N(Cc1cccc(OC)c1)C(=O)CN(c1ccc(OC)cc1)S(C)(=O)=O. The molecule has 2 rings (SSSR count). The summed E-state index contributed by atoms with van der Waals surface area (Å²) < 4.78 is 36.5. The molecule has 10 heteroatoms. The maximum absolute atomic E-state index is 13.5. The van der Waals surface area contributed by atoms with Gasteiger partial charge in [-0.2, -0.15) is 0 Å². The van der Waals surface area contributed by atoms with Crippen LogP contribution in [0.5, 0.6) is 11.5 Å². The number of nitrogens with zero attached hydrogens (tertiary/aromatic N) is 2. The fraction of sp³-hybridized carbons (Fsp3) is 0.417. The van der Waals surface area contributed by atoms with Crippen molar-refractivity contribution < 1.29 is 27.5 Å². The lowest BCUT2D eigenvalue weighted by molar-refractivity contribution is -0.139. The van der Waals surface area contributed by atoms with Crippen LogP contribution in [0.2, 0.25) is 0 Å². The summed E-state index contributed by atoms with van der Waals surface area (Å²) >= 11 is 0. The molecule has 1 N–H and O–H groups in total. The van der Waals surface area contributed by atoms with Crippen molar-refractivity contribution in [2.45, 2.75) is 32.9 Å². The van der Waals surface area contributed by atoms with Crippen molar-refractivity contribution in [1.29, 1.82) is 0 Å². The van der Waals surface area contributed by atoms with Crippen LogP contribution in [-0.2, 0) is 26.2 Å². The zero-order valence-electron chi connectivity index (χ0n) is 20.3. The number of amides is 2. The molecule has 0 saturated carbocycles. The van der Waals surface area contributed by atoms with E-state index in [-0.39, 0.29) is 12.5 Å². The zero-order valence-corrected chi connectivity index (χ0v) is 21.1. The summed E-state index contributed by atoms with van der Waals surface area (Å²) in [6, 6.07) is 12.7. The average molecular weight is 492 g/mol. The van der Waals surface area contributed by atoms with Crippen LogP contribution in [0.15, 0.2) is 48.5 Å². The zero-order chi connectivity index (χ0) is 25.3. The number of anilines is 1. The minimum Gasteiger partial charge on any atom is -0.497 e. The van der Waals surface area contributed by atoms with Gasteiger partial charge in [-0.1, -0.05) is 19.1 Å². The van der Waals surface area contributed by atoms with Gasteiger partial charge in [0.25, 0.3) is 0 Å². The summed E-state index contributed by atoms with van der Waals surface area (Å²) in [6.07, 6.45) is 1.79. The van der Waals surface area contributed by atoms with Crippen molar-refractivity contribution in [3.63, 3.8) is 0 Å². The molecule has 0 heterocycles. The summed E-state index contributed by atoms with van der Waals surface area (Å²) in [4.78, 5) is 27.5. The molecule has 2 aromatic carbocycles. The number of carbonyl (C=O) groups is 2. The predicted octanol–water partition coefficient (Wildman–Crippen LogP) is 2.41. The summed E-state index contributed by atoms with van der Waals surface area (Å²) in [5.41, 5.74) is 1.07. The van der Waals surface area contributed by atoms with E-state index in [2.05, 4.69) is 5.32 Å². The number of nitrogens with one attached hydrogen (secondary N) is 1. The van der Waals surface area contributed by atoms with Crippen molar-refractivity contribution >= 4 is 27.5 Å². The number of methoxy groups -OCH3 is 2. The molecule has 1 unspecified atom stereocenters. The molecule has 9 nitrogen and oxygen atoms in total. The molecule has 0 saturated heterocycles. The molecule has 0 aliphatic rings. The van der Waals surface area contributed by atoms with Crippen LogP contribution >= 0.6 is 0 Å². The number of hydrogen-bond donors (Lipinski definition) is 1. The van der Waals surface area contributed by atoms with Gasteiger partial charge in [0.05, 0.1) is 26.2 Å². The minimum absolute atomic E-state index is 0.108. The number of ether oxygens (including phenoxy) is 2. The molecule has 0 bridgehead atoms. The van der Waals surface area contributed by atoms with E-state index in [1.807, 2.05) is 13.0 Å². The van der Waals surface area contributed by atoms with Gasteiger partial charge in [0.15, 0.2) is 0 Å². The molecule has 34 heavy (non-hydrogen) atoms. The first-order valence-electron chi connectivity index (χ1n) is 10.9. The van der Waals surface area contributed by atoms with E-state index in [0.29, 0.717) is 23.7 Å². The van der Waals surface area contributed by atoms with Gasteiger partial charge in [-0.05, 0) is 55.3 Å². The van der Waals surface area contributed by atoms with E-state index in [1.165, 1.54) is 12.0 Å². The number of benzene rings is 2. The first-order valence-corrected chi connectivity index (χ1v) is 12.8. The van der Waals surface area contributed by atoms with E-state index in [1.54, 1.807) is 56.5 Å². The molecule has 1 atom stereocenters. The maximum atomic E-state index is 13.5. The van der Waals surface area contributed by atoms with E-state index >= 15 is 0 Å². The van der Waals surface area contributed by atoms with Gasteiger partial charge in [0.2, 0.25) is 21.8 Å². The van der Waals surface area contributed by atoms with Crippen LogP contribution in [0.4, 0.5) is 5.69 Å². The van der Waals surface area contributed by atoms with Crippen molar-refractivity contribution in [2.24, 2.45) is 0 Å². The van der Waals surface area contributed by atoms with E-state index in [0.717, 1.165) is 22.5 Å². The Hall–Kier alpha value is -3.27. The molecule has 0 spiro atoms. The number of sulfonamides is 1. The third kappa shape index (κ3) is 7.38. The van der Waals surface area contributed by atoms with Gasteiger partial charge in [-0.25, -0.2) is 8.42 Å². The van der Waals surface area contributed by atoms with E-state index in [9.17, 15) is 18.0 Å². The first-order chi connectivity index (χ1) is 16.1. The highest BCUT2D eigenvalue weighted by atomic mass is 32.2. The van der Waals surface area contributed by atoms with Gasteiger partial charge in [-0.3, -0.25) is 13.9 Å². The molecular weight excluding hydrogens is 458 g/mol. The molecule has 2 amide bonds. The average Bonchev–Trinajstić information content (AvgIpc) is 2.83. The van der Waals surface area contributed by atoms with Crippen molar-refractivity contribution in [2.75, 3.05) is 37.9 Å². The Morgan fingerprint density at radius 1 is 1.03 bits per heavy atom. The third-order valence-electron chi connectivity index (χ3n) is 5.24. The number of carbonyl (C=O) groups excluding carboxylic acids is 2. The monoisotopic (exact) mass is 491 g/mol. The van der Waals surface area contributed by atoms with Gasteiger partial charge >= 0.3 is 0 Å². The van der Waals surface area contributed by atoms with Crippen LogP contribution < -0.4 is 19.1 Å². The van der Waals surface area contributed by atoms with Crippen LogP contribution in [0, 0.1) is 0 Å².